The zero-order valence-electron chi connectivity index (χ0n) is 11.3. The van der Waals surface area contributed by atoms with Crippen LogP contribution < -0.4 is 14.2 Å². The van der Waals surface area contributed by atoms with E-state index in [0.29, 0.717) is 16.7 Å². The Morgan fingerprint density at radius 2 is 1.77 bits per heavy atom. The molecule has 0 radical (unpaired) electrons. The Kier molecular flexibility index (Phi) is 3.39. The number of aliphatic hydroxyl groups is 2. The number of aromatic nitrogens is 1. The molecule has 0 spiro atoms. The van der Waals surface area contributed by atoms with Crippen LogP contribution in [0.4, 0.5) is 0 Å². The van der Waals surface area contributed by atoms with Crippen LogP contribution >= 0.6 is 0 Å². The average molecular weight is 305 g/mol. The minimum absolute atomic E-state index is 0.134. The van der Waals surface area contributed by atoms with Crippen LogP contribution in [-0.2, 0) is 9.59 Å². The first-order valence-corrected chi connectivity index (χ1v) is 6.28. The van der Waals surface area contributed by atoms with Gasteiger partial charge in [-0.2, -0.15) is 0 Å². The maximum Gasteiger partial charge on any atom is 0.345 e. The predicted molar refractivity (Wildman–Crippen MR) is 71.6 cm³/mol. The van der Waals surface area contributed by atoms with Gasteiger partial charge in [-0.3, -0.25) is 0 Å². The Labute approximate surface area is 123 Å². The lowest BCUT2D eigenvalue weighted by molar-refractivity contribution is -0.164. The monoisotopic (exact) mass is 305 g/mol. The van der Waals surface area contributed by atoms with Gasteiger partial charge in [0.15, 0.2) is 18.0 Å². The van der Waals surface area contributed by atoms with Crippen molar-refractivity contribution in [3.8, 4) is 17.4 Å². The van der Waals surface area contributed by atoms with Gasteiger partial charge < -0.3 is 24.4 Å². The molecule has 1 aliphatic heterocycles. The highest BCUT2D eigenvalue weighted by molar-refractivity contribution is 5.91. The largest absolute Gasteiger partial charge is 0.497 e. The van der Waals surface area contributed by atoms with Crippen molar-refractivity contribution in [3.05, 3.63) is 24.3 Å². The molecule has 1 aromatic heterocycles. The highest BCUT2D eigenvalue weighted by Gasteiger charge is 2.37. The number of pyridine rings is 1. The topological polar surface area (TPSA) is 115 Å². The Morgan fingerprint density at radius 1 is 1.09 bits per heavy atom. The lowest BCUT2D eigenvalue weighted by Gasteiger charge is -2.20. The number of fused-ring (bicyclic) bond motifs is 2. The van der Waals surface area contributed by atoms with E-state index < -0.39 is 24.1 Å². The minimum atomic E-state index is -2.03. The predicted octanol–water partition coefficient (Wildman–Crippen LogP) is -0.210. The second kappa shape index (κ2) is 5.24. The molecule has 8 heteroatoms. The number of ether oxygens (including phenoxy) is 3. The van der Waals surface area contributed by atoms with E-state index in [1.165, 1.54) is 13.2 Å². The van der Waals surface area contributed by atoms with Crippen LogP contribution in [0, 0.1) is 0 Å². The van der Waals surface area contributed by atoms with Gasteiger partial charge in [-0.05, 0) is 24.3 Å². The first-order valence-electron chi connectivity index (χ1n) is 6.28. The summed E-state index contributed by atoms with van der Waals surface area (Å²) in [5.41, 5.74) is 0.471. The normalized spacial score (nSPS) is 21.4. The lowest BCUT2D eigenvalue weighted by Crippen LogP contribution is -2.45. The van der Waals surface area contributed by atoms with Gasteiger partial charge in [-0.25, -0.2) is 14.6 Å². The fourth-order valence-electron chi connectivity index (χ4n) is 1.97. The zero-order valence-corrected chi connectivity index (χ0v) is 11.3. The first kappa shape index (κ1) is 14.2. The fourth-order valence-corrected chi connectivity index (χ4v) is 1.97. The number of methoxy groups -OCH3 is 1. The molecule has 2 N–H and O–H groups in total. The summed E-state index contributed by atoms with van der Waals surface area (Å²) in [4.78, 5) is 27.3. The number of hydrogen-bond acceptors (Lipinski definition) is 8. The number of aliphatic hydroxyl groups excluding tert-OH is 2. The van der Waals surface area contributed by atoms with Gasteiger partial charge in [0.1, 0.15) is 5.75 Å². The molecule has 0 saturated heterocycles. The Morgan fingerprint density at radius 3 is 2.45 bits per heavy atom. The van der Waals surface area contributed by atoms with Gasteiger partial charge in [0.2, 0.25) is 0 Å². The molecule has 0 amide bonds. The van der Waals surface area contributed by atoms with Crippen molar-refractivity contribution in [2.45, 2.75) is 12.2 Å². The molecule has 0 aliphatic carbocycles. The number of hydrogen-bond donors (Lipinski definition) is 2. The number of rotatable bonds is 1. The summed E-state index contributed by atoms with van der Waals surface area (Å²) in [6.07, 6.45) is -4.06. The van der Waals surface area contributed by atoms with E-state index in [1.807, 2.05) is 0 Å². The second-order valence-electron chi connectivity index (χ2n) is 4.58. The maximum atomic E-state index is 11.7. The van der Waals surface area contributed by atoms with E-state index in [4.69, 9.17) is 14.2 Å². The van der Waals surface area contributed by atoms with Crippen LogP contribution in [0.2, 0.25) is 0 Å². The van der Waals surface area contributed by atoms with Crippen LogP contribution in [0.15, 0.2) is 24.3 Å². The standard InChI is InChI=1S/C14H11NO7/c1-20-7-2-3-8-6(4-7)5-9-12(15-8)22-14(19)11(17)10(16)13(18)21-9/h2-5,10-11,16-17H,1H3. The van der Waals surface area contributed by atoms with Crippen molar-refractivity contribution in [2.75, 3.05) is 7.11 Å². The first-order chi connectivity index (χ1) is 10.5. The molecule has 0 bridgehead atoms. The van der Waals surface area contributed by atoms with E-state index in [-0.39, 0.29) is 11.6 Å². The van der Waals surface area contributed by atoms with Crippen LogP contribution in [-0.4, -0.2) is 46.5 Å². The number of carbonyl (C=O) groups excluding carboxylic acids is 2. The molecule has 2 unspecified atom stereocenters. The molecular weight excluding hydrogens is 294 g/mol. The van der Waals surface area contributed by atoms with Gasteiger partial charge in [0, 0.05) is 5.39 Å². The molecule has 2 aromatic rings. The van der Waals surface area contributed by atoms with Gasteiger partial charge in [0.05, 0.1) is 12.6 Å². The van der Waals surface area contributed by atoms with Crippen molar-refractivity contribution < 1.29 is 34.0 Å². The van der Waals surface area contributed by atoms with Gasteiger partial charge >= 0.3 is 11.9 Å². The lowest BCUT2D eigenvalue weighted by atomic mass is 10.2. The summed E-state index contributed by atoms with van der Waals surface area (Å²) in [5, 5.41) is 19.5. The van der Waals surface area contributed by atoms with Crippen molar-refractivity contribution in [3.63, 3.8) is 0 Å². The summed E-state index contributed by atoms with van der Waals surface area (Å²) in [7, 11) is 1.50. The summed E-state index contributed by atoms with van der Waals surface area (Å²) in [5.74, 6) is -2.19. The second-order valence-corrected chi connectivity index (χ2v) is 4.58. The number of esters is 2. The van der Waals surface area contributed by atoms with Gasteiger partial charge in [-0.1, -0.05) is 0 Å². The van der Waals surface area contributed by atoms with Crippen molar-refractivity contribution in [1.82, 2.24) is 4.98 Å². The molecular formula is C14H11NO7. The van der Waals surface area contributed by atoms with Crippen molar-refractivity contribution >= 4 is 22.8 Å². The molecule has 22 heavy (non-hydrogen) atoms. The molecule has 1 aliphatic rings. The Bertz CT molecular complexity index is 773. The Balaban J connectivity index is 2.13. The third-order valence-corrected chi connectivity index (χ3v) is 3.14. The van der Waals surface area contributed by atoms with Crippen molar-refractivity contribution in [1.29, 1.82) is 0 Å². The zero-order chi connectivity index (χ0) is 15.9. The van der Waals surface area contributed by atoms with Crippen LogP contribution in [0.1, 0.15) is 0 Å². The van der Waals surface area contributed by atoms with Crippen molar-refractivity contribution in [2.24, 2.45) is 0 Å². The SMILES string of the molecule is COc1ccc2nc3c(cc2c1)OC(=O)C(O)C(O)C(=O)O3. The van der Waals surface area contributed by atoms with Crippen LogP contribution in [0.5, 0.6) is 17.4 Å². The molecule has 1 aromatic carbocycles. The van der Waals surface area contributed by atoms with E-state index in [0.717, 1.165) is 0 Å². The number of benzene rings is 1. The molecule has 2 atom stereocenters. The number of nitrogens with zero attached hydrogens (tertiary/aromatic N) is 1. The summed E-state index contributed by atoms with van der Waals surface area (Å²) in [6, 6.07) is 6.38. The van der Waals surface area contributed by atoms with Crippen LogP contribution in [0.25, 0.3) is 10.9 Å². The number of carbonyl (C=O) groups is 2. The van der Waals surface area contributed by atoms with E-state index in [1.54, 1.807) is 18.2 Å². The third kappa shape index (κ3) is 2.34. The maximum absolute atomic E-state index is 11.7. The highest BCUT2D eigenvalue weighted by atomic mass is 16.6. The molecule has 8 nitrogen and oxygen atoms in total. The van der Waals surface area contributed by atoms with Gasteiger partial charge in [-0.15, -0.1) is 0 Å². The molecule has 0 fully saturated rings. The molecule has 0 saturated carbocycles. The molecule has 2 heterocycles. The minimum Gasteiger partial charge on any atom is -0.497 e. The van der Waals surface area contributed by atoms with Gasteiger partial charge in [0.25, 0.3) is 5.88 Å². The summed E-state index contributed by atoms with van der Waals surface area (Å²) >= 11 is 0. The van der Waals surface area contributed by atoms with E-state index in [9.17, 15) is 19.8 Å². The fraction of sp³-hybridized carbons (Fsp3) is 0.214. The quantitative estimate of drug-likeness (QED) is 0.695. The smallest absolute Gasteiger partial charge is 0.345 e. The van der Waals surface area contributed by atoms with E-state index in [2.05, 4.69) is 4.98 Å². The molecule has 3 rings (SSSR count). The molecule has 114 valence electrons. The summed E-state index contributed by atoms with van der Waals surface area (Å²) < 4.78 is 14.9. The average Bonchev–Trinajstić information content (AvgIpc) is 2.52. The highest BCUT2D eigenvalue weighted by Crippen LogP contribution is 2.32. The van der Waals surface area contributed by atoms with E-state index >= 15 is 0 Å². The Hall–Kier alpha value is -2.71. The summed E-state index contributed by atoms with van der Waals surface area (Å²) in [6.45, 7) is 0. The third-order valence-electron chi connectivity index (χ3n) is 3.14. The van der Waals surface area contributed by atoms with Crippen LogP contribution in [0.3, 0.4) is 0 Å².